The zero-order chi connectivity index (χ0) is 18.2. The van der Waals surface area contributed by atoms with Gasteiger partial charge in [0.25, 0.3) is 6.02 Å². The van der Waals surface area contributed by atoms with Crippen LogP contribution in [-0.4, -0.2) is 30.6 Å². The Hall–Kier alpha value is -2.33. The summed E-state index contributed by atoms with van der Waals surface area (Å²) >= 11 is 0. The van der Waals surface area contributed by atoms with Crippen LogP contribution in [0.4, 0.5) is 5.69 Å². The Labute approximate surface area is 158 Å². The number of aliphatic imine (C=N–C) groups is 1. The van der Waals surface area contributed by atoms with Crippen molar-refractivity contribution in [1.29, 1.82) is 0 Å². The van der Waals surface area contributed by atoms with Crippen LogP contribution >= 0.6 is 0 Å². The van der Waals surface area contributed by atoms with Crippen molar-refractivity contribution >= 4 is 11.7 Å². The van der Waals surface area contributed by atoms with Gasteiger partial charge in [-0.3, -0.25) is 0 Å². The van der Waals surface area contributed by atoms with Crippen molar-refractivity contribution in [1.82, 2.24) is 4.90 Å². The van der Waals surface area contributed by atoms with Gasteiger partial charge in [-0.2, -0.15) is 4.99 Å². The van der Waals surface area contributed by atoms with Crippen molar-refractivity contribution < 1.29 is 6.16 Å². The van der Waals surface area contributed by atoms with E-state index in [2.05, 4.69) is 28.9 Å². The molecule has 4 heteroatoms. The molecule has 0 aromatic heterocycles. The van der Waals surface area contributed by atoms with Crippen molar-refractivity contribution in [2.45, 2.75) is 32.6 Å². The van der Waals surface area contributed by atoms with E-state index >= 15 is 0 Å². The van der Waals surface area contributed by atoms with Crippen molar-refractivity contribution in [3.8, 4) is 5.75 Å². The summed E-state index contributed by atoms with van der Waals surface area (Å²) in [7, 11) is 0. The lowest BCUT2D eigenvalue weighted by Crippen LogP contribution is -2.29. The number of amidine groups is 1. The van der Waals surface area contributed by atoms with E-state index in [0.29, 0.717) is 5.75 Å². The lowest BCUT2D eigenvalue weighted by molar-refractivity contribution is 0.266. The quantitative estimate of drug-likeness (QED) is 0.528. The van der Waals surface area contributed by atoms with Crippen LogP contribution < -0.4 is 10.5 Å². The molecule has 2 N–H and O–H groups in total. The topological polar surface area (TPSA) is 50.9 Å². The second kappa shape index (κ2) is 9.39. The molecule has 0 amide bonds. The highest BCUT2D eigenvalue weighted by atomic mass is 16.5. The van der Waals surface area contributed by atoms with Crippen LogP contribution in [0.1, 0.15) is 33.2 Å². The third-order valence-electron chi connectivity index (χ3n) is 4.61. The standard InChI is InChI=1S/C22H29N3O.H2/c1-2-15-25(17-19-8-9-19)16-14-18-10-12-21(13-11-18)26-22(23)24-20-6-4-3-5-7-20;/h3-7,10-13,19H,2,8-9,14-17H2,1H3,(H2,23,24);1H. The van der Waals surface area contributed by atoms with Gasteiger partial charge in [0.15, 0.2) is 0 Å². The number of ether oxygens (including phenoxy) is 1. The summed E-state index contributed by atoms with van der Waals surface area (Å²) in [6.07, 6.45) is 5.12. The molecule has 0 atom stereocenters. The molecule has 0 bridgehead atoms. The maximum absolute atomic E-state index is 5.88. The highest BCUT2D eigenvalue weighted by Gasteiger charge is 2.23. The molecule has 140 valence electrons. The predicted molar refractivity (Wildman–Crippen MR) is 110 cm³/mol. The van der Waals surface area contributed by atoms with E-state index in [4.69, 9.17) is 10.5 Å². The zero-order valence-corrected chi connectivity index (χ0v) is 15.6. The summed E-state index contributed by atoms with van der Waals surface area (Å²) < 4.78 is 5.62. The van der Waals surface area contributed by atoms with Crippen molar-refractivity contribution in [3.05, 3.63) is 60.2 Å². The molecule has 0 spiro atoms. The molecule has 1 aliphatic rings. The monoisotopic (exact) mass is 353 g/mol. The highest BCUT2D eigenvalue weighted by Crippen LogP contribution is 2.29. The summed E-state index contributed by atoms with van der Waals surface area (Å²) in [6.45, 7) is 5.85. The fraction of sp³-hybridized carbons (Fsp3) is 0.409. The van der Waals surface area contributed by atoms with Crippen molar-refractivity contribution in [2.24, 2.45) is 16.6 Å². The molecule has 0 heterocycles. The summed E-state index contributed by atoms with van der Waals surface area (Å²) in [4.78, 5) is 6.86. The molecule has 0 saturated heterocycles. The SMILES string of the molecule is CCCN(CCc1ccc(OC(N)=Nc2ccccc2)cc1)CC1CC1.[HH]. The zero-order valence-electron chi connectivity index (χ0n) is 15.6. The number of benzene rings is 2. The van der Waals surface area contributed by atoms with E-state index < -0.39 is 0 Å². The Morgan fingerprint density at radius 1 is 1.12 bits per heavy atom. The minimum atomic E-state index is 0. The fourth-order valence-electron chi connectivity index (χ4n) is 3.06. The first-order chi connectivity index (χ1) is 12.7. The van der Waals surface area contributed by atoms with E-state index in [1.165, 1.54) is 37.9 Å². The summed E-state index contributed by atoms with van der Waals surface area (Å²) in [6, 6.07) is 17.9. The Kier molecular flexibility index (Phi) is 6.67. The first-order valence-corrected chi connectivity index (χ1v) is 9.61. The minimum Gasteiger partial charge on any atom is -0.426 e. The first-order valence-electron chi connectivity index (χ1n) is 9.61. The largest absolute Gasteiger partial charge is 0.426 e. The maximum Gasteiger partial charge on any atom is 0.292 e. The van der Waals surface area contributed by atoms with Gasteiger partial charge in [0.05, 0.1) is 5.69 Å². The molecule has 0 unspecified atom stereocenters. The molecule has 2 aromatic carbocycles. The number of hydrogen-bond acceptors (Lipinski definition) is 3. The van der Waals surface area contributed by atoms with E-state index in [1.807, 2.05) is 42.5 Å². The molecule has 2 aromatic rings. The number of nitrogens with zero attached hydrogens (tertiary/aromatic N) is 2. The third-order valence-corrected chi connectivity index (χ3v) is 4.61. The van der Waals surface area contributed by atoms with Gasteiger partial charge in [-0.1, -0.05) is 37.3 Å². The Morgan fingerprint density at radius 3 is 2.50 bits per heavy atom. The Morgan fingerprint density at radius 2 is 1.85 bits per heavy atom. The van der Waals surface area contributed by atoms with Gasteiger partial charge < -0.3 is 15.4 Å². The molecule has 1 aliphatic carbocycles. The van der Waals surface area contributed by atoms with Gasteiger partial charge in [-0.25, -0.2) is 0 Å². The number of rotatable bonds is 9. The van der Waals surface area contributed by atoms with Gasteiger partial charge in [-0.15, -0.1) is 0 Å². The maximum atomic E-state index is 5.88. The van der Waals surface area contributed by atoms with Crippen molar-refractivity contribution in [2.75, 3.05) is 19.6 Å². The summed E-state index contributed by atoms with van der Waals surface area (Å²) in [5.41, 5.74) is 7.99. The molecule has 3 rings (SSSR count). The normalized spacial score (nSPS) is 14.6. The van der Waals surface area contributed by atoms with Crippen LogP contribution in [0, 0.1) is 5.92 Å². The van der Waals surface area contributed by atoms with Crippen molar-refractivity contribution in [3.63, 3.8) is 0 Å². The van der Waals surface area contributed by atoms with Gasteiger partial charge in [0.2, 0.25) is 0 Å². The fourth-order valence-corrected chi connectivity index (χ4v) is 3.06. The minimum absolute atomic E-state index is 0. The van der Waals surface area contributed by atoms with Crippen LogP contribution in [0.3, 0.4) is 0 Å². The lowest BCUT2D eigenvalue weighted by Gasteiger charge is -2.21. The first kappa shape index (κ1) is 18.5. The second-order valence-electron chi connectivity index (χ2n) is 7.03. The average Bonchev–Trinajstić information content (AvgIpc) is 3.46. The Bertz CT molecular complexity index is 699. The predicted octanol–water partition coefficient (Wildman–Crippen LogP) is 4.62. The molecule has 26 heavy (non-hydrogen) atoms. The van der Waals surface area contributed by atoms with E-state index in [-0.39, 0.29) is 7.45 Å². The second-order valence-corrected chi connectivity index (χ2v) is 7.03. The molecule has 1 saturated carbocycles. The van der Waals surface area contributed by atoms with E-state index in [1.54, 1.807) is 0 Å². The van der Waals surface area contributed by atoms with Crippen LogP contribution in [-0.2, 0) is 6.42 Å². The van der Waals surface area contributed by atoms with Crippen LogP contribution in [0.15, 0.2) is 59.6 Å². The lowest BCUT2D eigenvalue weighted by atomic mass is 10.1. The van der Waals surface area contributed by atoms with Gasteiger partial charge in [0, 0.05) is 14.5 Å². The summed E-state index contributed by atoms with van der Waals surface area (Å²) in [5.74, 6) is 1.67. The summed E-state index contributed by atoms with van der Waals surface area (Å²) in [5, 5.41) is 0. The number of nitrogens with two attached hydrogens (primary N) is 1. The third kappa shape index (κ3) is 6.19. The average molecular weight is 354 g/mol. The van der Waals surface area contributed by atoms with Crippen LogP contribution in [0.5, 0.6) is 5.75 Å². The highest BCUT2D eigenvalue weighted by molar-refractivity contribution is 5.77. The van der Waals surface area contributed by atoms with Crippen LogP contribution in [0.2, 0.25) is 0 Å². The number of para-hydroxylation sites is 1. The molecular weight excluding hydrogens is 322 g/mol. The number of hydrogen-bond donors (Lipinski definition) is 1. The van der Waals surface area contributed by atoms with Gasteiger partial charge in [-0.05, 0) is 68.0 Å². The van der Waals surface area contributed by atoms with E-state index in [9.17, 15) is 0 Å². The molecule has 0 radical (unpaired) electrons. The molecule has 4 nitrogen and oxygen atoms in total. The van der Waals surface area contributed by atoms with E-state index in [0.717, 1.165) is 24.6 Å². The smallest absolute Gasteiger partial charge is 0.292 e. The van der Waals surface area contributed by atoms with Crippen LogP contribution in [0.25, 0.3) is 0 Å². The Balaban J connectivity index is 0.00000261. The van der Waals surface area contributed by atoms with Gasteiger partial charge >= 0.3 is 0 Å². The van der Waals surface area contributed by atoms with Gasteiger partial charge in [0.1, 0.15) is 5.75 Å². The molecular formula is C22H31N3O. The molecule has 1 fully saturated rings. The molecule has 0 aliphatic heterocycles.